The molecule has 2 N–H and O–H groups in total. The third kappa shape index (κ3) is 7.78. The second-order valence-corrected chi connectivity index (χ2v) is 28.2. The summed E-state index contributed by atoms with van der Waals surface area (Å²) in [6.45, 7) is 24.7. The zero-order valence-electron chi connectivity index (χ0n) is 29.3. The molecule has 0 spiro atoms. The molecule has 0 aromatic rings. The van der Waals surface area contributed by atoms with Gasteiger partial charge in [-0.25, -0.2) is 4.79 Å². The Bertz CT molecular complexity index is 1200. The van der Waals surface area contributed by atoms with Crippen molar-refractivity contribution < 1.29 is 47.3 Å². The molecule has 3 rings (SSSR count). The van der Waals surface area contributed by atoms with E-state index in [1.807, 2.05) is 47.0 Å². The van der Waals surface area contributed by atoms with Gasteiger partial charge in [-0.15, -0.1) is 0 Å². The topological polar surface area (TPSA) is 139 Å². The summed E-state index contributed by atoms with van der Waals surface area (Å²) in [4.78, 5) is 40.3. The van der Waals surface area contributed by atoms with Gasteiger partial charge in [-0.2, -0.15) is 0 Å². The van der Waals surface area contributed by atoms with Crippen molar-refractivity contribution in [2.24, 2.45) is 5.92 Å². The summed E-state index contributed by atoms with van der Waals surface area (Å²) < 4.78 is 35.1. The highest BCUT2D eigenvalue weighted by Gasteiger charge is 2.75. The molecule has 7 atom stereocenters. The van der Waals surface area contributed by atoms with Crippen LogP contribution in [0.4, 0.5) is 0 Å². The van der Waals surface area contributed by atoms with Gasteiger partial charge in [0, 0.05) is 12.8 Å². The third-order valence-electron chi connectivity index (χ3n) is 10.4. The molecule has 0 unspecified atom stereocenters. The van der Waals surface area contributed by atoms with Gasteiger partial charge in [0.1, 0.15) is 17.2 Å². The SMILES string of the molecule is CC(=O)O[C@@H]1C(=O)O[C@H]2[C@@H](O[Si](C)(C)C(C)(C)C)[C@]1(NC(=O)C(Cl)(Cl)Cl)[C@@H]([C@H]1COC(C)(C)O1)C[C@@]2(O)CO[Si](C)(C)C(C)(C)C. The van der Waals surface area contributed by atoms with E-state index in [2.05, 4.69) is 26.1 Å². The fraction of sp³-hybridized carbons (Fsp3) is 0.900. The van der Waals surface area contributed by atoms with Crippen LogP contribution in [0, 0.1) is 5.92 Å². The van der Waals surface area contributed by atoms with Crippen LogP contribution in [0.5, 0.6) is 0 Å². The zero-order chi connectivity index (χ0) is 35.7. The van der Waals surface area contributed by atoms with Crippen LogP contribution >= 0.6 is 34.8 Å². The number of fused-ring (bicyclic) bond motifs is 2. The van der Waals surface area contributed by atoms with E-state index in [4.69, 9.17) is 62.6 Å². The van der Waals surface area contributed by atoms with E-state index in [9.17, 15) is 19.5 Å². The van der Waals surface area contributed by atoms with Gasteiger partial charge >= 0.3 is 11.9 Å². The van der Waals surface area contributed by atoms with Gasteiger partial charge in [0.05, 0.1) is 19.3 Å². The van der Waals surface area contributed by atoms with Crippen molar-refractivity contribution in [3.63, 3.8) is 0 Å². The number of nitrogens with one attached hydrogen (secondary N) is 1. The average Bonchev–Trinajstić information content (AvgIpc) is 3.21. The highest BCUT2D eigenvalue weighted by atomic mass is 35.6. The number of carbonyl (C=O) groups excluding carboxylic acids is 3. The summed E-state index contributed by atoms with van der Waals surface area (Å²) in [7, 11) is -5.30. The van der Waals surface area contributed by atoms with Gasteiger partial charge in [-0.1, -0.05) is 76.3 Å². The van der Waals surface area contributed by atoms with Crippen LogP contribution in [-0.2, 0) is 42.2 Å². The minimum Gasteiger partial charge on any atom is -0.454 e. The van der Waals surface area contributed by atoms with Gasteiger partial charge in [0.15, 0.2) is 28.5 Å². The Hall–Kier alpha value is -0.486. The fourth-order valence-electron chi connectivity index (χ4n) is 5.78. The molecule has 2 saturated heterocycles. The molecule has 46 heavy (non-hydrogen) atoms. The van der Waals surface area contributed by atoms with Crippen LogP contribution in [0.15, 0.2) is 0 Å². The highest BCUT2D eigenvalue weighted by molar-refractivity contribution is 6.76. The predicted molar refractivity (Wildman–Crippen MR) is 180 cm³/mol. The monoisotopic (exact) mass is 747 g/mol. The molecular weight excluding hydrogens is 697 g/mol. The first kappa shape index (κ1) is 39.9. The Balaban J connectivity index is 2.38. The van der Waals surface area contributed by atoms with E-state index in [1.165, 1.54) is 0 Å². The number of halogens is 3. The van der Waals surface area contributed by atoms with E-state index >= 15 is 0 Å². The second kappa shape index (κ2) is 12.7. The Morgan fingerprint density at radius 3 is 2.00 bits per heavy atom. The Morgan fingerprint density at radius 2 is 1.57 bits per heavy atom. The summed E-state index contributed by atoms with van der Waals surface area (Å²) in [5.74, 6) is -4.97. The molecule has 2 aliphatic heterocycles. The molecule has 2 heterocycles. The normalized spacial score (nSPS) is 33.8. The number of aliphatic hydroxyl groups is 1. The number of amides is 1. The van der Waals surface area contributed by atoms with Crippen molar-refractivity contribution in [3.05, 3.63) is 0 Å². The zero-order valence-corrected chi connectivity index (χ0v) is 33.5. The van der Waals surface area contributed by atoms with E-state index < -0.39 is 85.5 Å². The maximum Gasteiger partial charge on any atom is 0.350 e. The van der Waals surface area contributed by atoms with Gasteiger partial charge in [0.25, 0.3) is 9.70 Å². The second-order valence-electron chi connectivity index (χ2n) is 16.4. The Morgan fingerprint density at radius 1 is 1.02 bits per heavy atom. The lowest BCUT2D eigenvalue weighted by Gasteiger charge is -2.63. The fourth-order valence-corrected chi connectivity index (χ4v) is 8.28. The molecule has 11 nitrogen and oxygen atoms in total. The molecule has 0 aromatic heterocycles. The van der Waals surface area contributed by atoms with Gasteiger partial charge < -0.3 is 38.2 Å². The van der Waals surface area contributed by atoms with Crippen LogP contribution in [0.1, 0.15) is 68.7 Å². The quantitative estimate of drug-likeness (QED) is 0.189. The standard InChI is InChI=1S/C30H52Cl3NO10Si2/c1-17(35)41-22-23(36)42-20-21(44-46(12,13)26(5,6)7)29(22,34-24(37)30(31,32)33)18(19-15-39-27(8,9)43-19)14-28(20,38)16-40-45(10,11)25(2,3)4/h18-22,38H,14-16H2,1-13H3,(H,34,37)/t18-,19-,20+,21-,22-,28-,29-/m1/s1. The van der Waals surface area contributed by atoms with Crippen molar-refractivity contribution >= 4 is 69.3 Å². The molecule has 2 bridgehead atoms. The lowest BCUT2D eigenvalue weighted by molar-refractivity contribution is -0.277. The minimum absolute atomic E-state index is 0.0154. The van der Waals surface area contributed by atoms with Crippen molar-refractivity contribution in [2.45, 2.75) is 150 Å². The number of hydrogen-bond acceptors (Lipinski definition) is 10. The van der Waals surface area contributed by atoms with Crippen molar-refractivity contribution in [3.8, 4) is 0 Å². The molecular formula is C30H52Cl3NO10Si2. The number of esters is 2. The maximum atomic E-state index is 14.0. The third-order valence-corrected chi connectivity index (χ3v) is 19.9. The molecule has 3 aliphatic rings. The first-order valence-corrected chi connectivity index (χ1v) is 22.5. The van der Waals surface area contributed by atoms with Crippen LogP contribution in [-0.4, -0.2) is 97.9 Å². The summed E-state index contributed by atoms with van der Waals surface area (Å²) in [6, 6.07) is 0. The van der Waals surface area contributed by atoms with Gasteiger partial charge in [0.2, 0.25) is 6.10 Å². The molecule has 266 valence electrons. The summed E-state index contributed by atoms with van der Waals surface area (Å²) in [5.41, 5.74) is -3.77. The van der Waals surface area contributed by atoms with E-state index in [0.717, 1.165) is 6.92 Å². The molecule has 0 aromatic carbocycles. The van der Waals surface area contributed by atoms with Crippen LogP contribution in [0.3, 0.4) is 0 Å². The molecule has 16 heteroatoms. The molecule has 1 saturated carbocycles. The first-order chi connectivity index (χ1) is 20.4. The lowest BCUT2D eigenvalue weighted by atomic mass is 9.58. The molecule has 1 aliphatic carbocycles. The lowest BCUT2D eigenvalue weighted by Crippen LogP contribution is -2.85. The molecule has 3 fully saturated rings. The number of alkyl halides is 3. The van der Waals surface area contributed by atoms with Crippen LogP contribution in [0.2, 0.25) is 36.3 Å². The maximum absolute atomic E-state index is 14.0. The Labute approximate surface area is 290 Å². The Kier molecular flexibility index (Phi) is 11.0. The molecule has 1 amide bonds. The number of ether oxygens (including phenoxy) is 4. The van der Waals surface area contributed by atoms with E-state index in [0.29, 0.717) is 0 Å². The van der Waals surface area contributed by atoms with Crippen molar-refractivity contribution in [1.82, 2.24) is 5.32 Å². The van der Waals surface area contributed by atoms with Gasteiger partial charge in [-0.05, 0) is 56.5 Å². The van der Waals surface area contributed by atoms with Gasteiger partial charge in [-0.3, -0.25) is 9.59 Å². The largest absolute Gasteiger partial charge is 0.454 e. The predicted octanol–water partition coefficient (Wildman–Crippen LogP) is 5.38. The van der Waals surface area contributed by atoms with Crippen LogP contribution in [0.25, 0.3) is 0 Å². The summed E-state index contributed by atoms with van der Waals surface area (Å²) in [6.07, 6.45) is -5.42. The van der Waals surface area contributed by atoms with E-state index in [-0.39, 0.29) is 29.7 Å². The van der Waals surface area contributed by atoms with Crippen molar-refractivity contribution in [2.75, 3.05) is 13.2 Å². The summed E-state index contributed by atoms with van der Waals surface area (Å²) >= 11 is 18.3. The van der Waals surface area contributed by atoms with E-state index in [1.54, 1.807) is 13.8 Å². The highest BCUT2D eigenvalue weighted by Crippen LogP contribution is 2.54. The number of rotatable bonds is 8. The number of hydrogen-bond donors (Lipinski definition) is 2. The average molecular weight is 749 g/mol. The van der Waals surface area contributed by atoms with Crippen LogP contribution < -0.4 is 5.32 Å². The molecule has 0 radical (unpaired) electrons. The smallest absolute Gasteiger partial charge is 0.350 e. The van der Waals surface area contributed by atoms with Crippen molar-refractivity contribution in [1.29, 1.82) is 0 Å². The minimum atomic E-state index is -2.84. The number of carbonyl (C=O) groups is 3. The summed E-state index contributed by atoms with van der Waals surface area (Å²) in [5, 5.41) is 14.9. The first-order valence-electron chi connectivity index (χ1n) is 15.5.